The predicted octanol–water partition coefficient (Wildman–Crippen LogP) is 4.26. The molecule has 0 heterocycles. The zero-order valence-electron chi connectivity index (χ0n) is 17.7. The summed E-state index contributed by atoms with van der Waals surface area (Å²) in [7, 11) is 0. The van der Waals surface area contributed by atoms with Gasteiger partial charge in [0.15, 0.2) is 0 Å². The Morgan fingerprint density at radius 1 is 1.21 bits per heavy atom. The molecule has 154 valence electrons. The van der Waals surface area contributed by atoms with Crippen LogP contribution in [0.5, 0.6) is 0 Å². The number of carbonyl (C=O) groups is 1. The van der Waals surface area contributed by atoms with Crippen LogP contribution in [0, 0.1) is 41.4 Å². The van der Waals surface area contributed by atoms with Crippen LogP contribution in [0.4, 0.5) is 0 Å². The van der Waals surface area contributed by atoms with Gasteiger partial charge < -0.3 is 10.6 Å². The molecule has 1 amide bonds. The molecular weight excluding hydrogens is 358 g/mol. The van der Waals surface area contributed by atoms with Gasteiger partial charge in [-0.25, -0.2) is 0 Å². The molecule has 4 aliphatic rings. The zero-order chi connectivity index (χ0) is 20.4. The molecule has 29 heavy (non-hydrogen) atoms. The first-order valence-corrected chi connectivity index (χ1v) is 11.2. The number of aryl methyl sites for hydroxylation is 1. The van der Waals surface area contributed by atoms with Gasteiger partial charge in [-0.05, 0) is 93.1 Å². The lowest BCUT2D eigenvalue weighted by molar-refractivity contribution is -0.122. The maximum Gasteiger partial charge on any atom is 0.263 e. The van der Waals surface area contributed by atoms with Crippen LogP contribution in [-0.4, -0.2) is 18.5 Å². The Morgan fingerprint density at radius 3 is 2.41 bits per heavy atom. The van der Waals surface area contributed by atoms with Crippen molar-refractivity contribution in [2.24, 2.45) is 23.2 Å². The Balaban J connectivity index is 1.32. The van der Waals surface area contributed by atoms with Crippen LogP contribution in [-0.2, 0) is 11.2 Å². The van der Waals surface area contributed by atoms with Gasteiger partial charge in [0.2, 0.25) is 0 Å². The zero-order valence-corrected chi connectivity index (χ0v) is 17.7. The van der Waals surface area contributed by atoms with Gasteiger partial charge in [-0.15, -0.1) is 0 Å². The van der Waals surface area contributed by atoms with Crippen molar-refractivity contribution >= 4 is 5.91 Å². The van der Waals surface area contributed by atoms with Crippen LogP contribution in [0.15, 0.2) is 36.0 Å². The third-order valence-electron chi connectivity index (χ3n) is 7.76. The SMILES string of the molecule is Cc1ccccc1CCN/C=C(/C#N)C(=O)NC(C)C12CC3CC(CC(C3)C1)C2. The Kier molecular flexibility index (Phi) is 5.67. The summed E-state index contributed by atoms with van der Waals surface area (Å²) in [6, 6.07) is 10.5. The minimum absolute atomic E-state index is 0.132. The van der Waals surface area contributed by atoms with E-state index >= 15 is 0 Å². The first kappa shape index (κ1) is 20.0. The van der Waals surface area contributed by atoms with Crippen molar-refractivity contribution in [1.82, 2.24) is 10.6 Å². The van der Waals surface area contributed by atoms with Gasteiger partial charge in [0, 0.05) is 18.8 Å². The summed E-state index contributed by atoms with van der Waals surface area (Å²) in [4.78, 5) is 12.8. The minimum atomic E-state index is -0.237. The molecule has 4 bridgehead atoms. The van der Waals surface area contributed by atoms with Gasteiger partial charge in [-0.1, -0.05) is 24.3 Å². The van der Waals surface area contributed by atoms with Gasteiger partial charge in [0.05, 0.1) is 0 Å². The van der Waals surface area contributed by atoms with Gasteiger partial charge in [0.1, 0.15) is 11.6 Å². The molecule has 4 fully saturated rings. The molecule has 2 N–H and O–H groups in total. The summed E-state index contributed by atoms with van der Waals surface area (Å²) in [5.41, 5.74) is 2.97. The predicted molar refractivity (Wildman–Crippen MR) is 115 cm³/mol. The molecule has 0 aliphatic heterocycles. The first-order chi connectivity index (χ1) is 14.0. The molecule has 4 heteroatoms. The number of nitrogens with one attached hydrogen (secondary N) is 2. The Bertz CT molecular complexity index is 799. The lowest BCUT2D eigenvalue weighted by Gasteiger charge is -2.59. The molecule has 4 aliphatic carbocycles. The average molecular weight is 392 g/mol. The Labute approximate surface area is 174 Å². The molecule has 1 unspecified atom stereocenters. The minimum Gasteiger partial charge on any atom is -0.389 e. The van der Waals surface area contributed by atoms with E-state index in [-0.39, 0.29) is 22.9 Å². The van der Waals surface area contributed by atoms with Crippen molar-refractivity contribution < 1.29 is 4.79 Å². The van der Waals surface area contributed by atoms with Crippen LogP contribution in [0.1, 0.15) is 56.6 Å². The number of hydrogen-bond acceptors (Lipinski definition) is 3. The summed E-state index contributed by atoms with van der Waals surface area (Å²) >= 11 is 0. The fourth-order valence-corrected chi connectivity index (χ4v) is 6.56. The third kappa shape index (κ3) is 4.20. The van der Waals surface area contributed by atoms with Crippen molar-refractivity contribution in [3.8, 4) is 6.07 Å². The van der Waals surface area contributed by atoms with Crippen molar-refractivity contribution in [2.75, 3.05) is 6.54 Å². The van der Waals surface area contributed by atoms with Crippen molar-refractivity contribution in [2.45, 2.75) is 64.8 Å². The molecule has 5 rings (SSSR count). The fraction of sp³-hybridized carbons (Fsp3) is 0.600. The van der Waals surface area contributed by atoms with E-state index in [1.165, 1.54) is 49.7 Å². The molecule has 0 radical (unpaired) electrons. The Morgan fingerprint density at radius 2 is 1.83 bits per heavy atom. The number of nitriles is 1. The van der Waals surface area contributed by atoms with Gasteiger partial charge in [-0.3, -0.25) is 4.79 Å². The molecule has 0 spiro atoms. The van der Waals surface area contributed by atoms with Gasteiger partial charge in [0.25, 0.3) is 5.91 Å². The van der Waals surface area contributed by atoms with E-state index < -0.39 is 0 Å². The lowest BCUT2D eigenvalue weighted by Crippen LogP contribution is -2.56. The normalized spacial score (nSPS) is 31.2. The van der Waals surface area contributed by atoms with Crippen molar-refractivity contribution in [1.29, 1.82) is 5.26 Å². The molecule has 1 aromatic carbocycles. The number of rotatable bonds is 7. The maximum absolute atomic E-state index is 12.8. The largest absolute Gasteiger partial charge is 0.389 e. The summed E-state index contributed by atoms with van der Waals surface area (Å²) in [5.74, 6) is 2.33. The number of nitrogens with zero attached hydrogens (tertiary/aromatic N) is 1. The smallest absolute Gasteiger partial charge is 0.263 e. The second-order valence-corrected chi connectivity index (χ2v) is 9.78. The van der Waals surface area contributed by atoms with E-state index in [4.69, 9.17) is 0 Å². The number of carbonyl (C=O) groups excluding carboxylic acids is 1. The molecule has 1 atom stereocenters. The second kappa shape index (κ2) is 8.22. The van der Waals surface area contributed by atoms with Crippen molar-refractivity contribution in [3.05, 3.63) is 47.2 Å². The first-order valence-electron chi connectivity index (χ1n) is 11.2. The summed E-state index contributed by atoms with van der Waals surface area (Å²) in [6.07, 6.45) is 10.4. The van der Waals surface area contributed by atoms with Crippen LogP contribution in [0.2, 0.25) is 0 Å². The van der Waals surface area contributed by atoms with E-state index in [0.717, 1.165) is 24.2 Å². The quantitative estimate of drug-likeness (QED) is 0.415. The number of amides is 1. The average Bonchev–Trinajstić information content (AvgIpc) is 2.68. The summed E-state index contributed by atoms with van der Waals surface area (Å²) in [6.45, 7) is 4.96. The molecule has 1 aromatic rings. The Hall–Kier alpha value is -2.28. The molecule has 0 saturated heterocycles. The highest BCUT2D eigenvalue weighted by atomic mass is 16.1. The van der Waals surface area contributed by atoms with E-state index in [0.29, 0.717) is 6.54 Å². The van der Waals surface area contributed by atoms with Gasteiger partial charge >= 0.3 is 0 Å². The number of hydrogen-bond donors (Lipinski definition) is 2. The standard InChI is InChI=1S/C25H33N3O/c1-17-5-3-4-6-22(17)7-8-27-16-23(15-26)24(29)28-18(2)25-12-19-9-20(13-25)11-21(10-19)14-25/h3-6,16,18-21,27H,7-14H2,1-2H3,(H,28,29)/b23-16-. The summed E-state index contributed by atoms with van der Waals surface area (Å²) < 4.78 is 0. The highest BCUT2D eigenvalue weighted by Crippen LogP contribution is 2.61. The maximum atomic E-state index is 12.8. The second-order valence-electron chi connectivity index (χ2n) is 9.78. The summed E-state index contributed by atoms with van der Waals surface area (Å²) in [5, 5.41) is 15.8. The van der Waals surface area contributed by atoms with Gasteiger partial charge in [-0.2, -0.15) is 5.26 Å². The van der Waals surface area contributed by atoms with Crippen molar-refractivity contribution in [3.63, 3.8) is 0 Å². The monoisotopic (exact) mass is 391 g/mol. The topological polar surface area (TPSA) is 64.9 Å². The number of benzene rings is 1. The fourth-order valence-electron chi connectivity index (χ4n) is 6.56. The molecule has 4 saturated carbocycles. The molecule has 4 nitrogen and oxygen atoms in total. The van der Waals surface area contributed by atoms with Crippen LogP contribution < -0.4 is 10.6 Å². The van der Waals surface area contributed by atoms with Crippen LogP contribution in [0.3, 0.4) is 0 Å². The van der Waals surface area contributed by atoms with E-state index in [9.17, 15) is 10.1 Å². The van der Waals surface area contributed by atoms with E-state index in [1.807, 2.05) is 12.1 Å². The van der Waals surface area contributed by atoms with E-state index in [2.05, 4.69) is 42.7 Å². The highest BCUT2D eigenvalue weighted by molar-refractivity contribution is 5.97. The molecule has 0 aromatic heterocycles. The van der Waals surface area contributed by atoms with Crippen LogP contribution >= 0.6 is 0 Å². The lowest BCUT2D eigenvalue weighted by atomic mass is 9.48. The van der Waals surface area contributed by atoms with E-state index in [1.54, 1.807) is 6.20 Å². The highest BCUT2D eigenvalue weighted by Gasteiger charge is 2.53. The van der Waals surface area contributed by atoms with Crippen LogP contribution in [0.25, 0.3) is 0 Å². The molecular formula is C25H33N3O. The third-order valence-corrected chi connectivity index (χ3v) is 7.76.